The van der Waals surface area contributed by atoms with E-state index in [2.05, 4.69) is 4.74 Å². The van der Waals surface area contributed by atoms with Gasteiger partial charge in [-0.2, -0.15) is 8.78 Å². The molecule has 0 atom stereocenters. The number of halogens is 2. The third-order valence-corrected chi connectivity index (χ3v) is 1.46. The largest absolute Gasteiger partial charge is 0.425 e. The van der Waals surface area contributed by atoms with Crippen LogP contribution < -0.4 is 4.74 Å². The summed E-state index contributed by atoms with van der Waals surface area (Å²) in [4.78, 5) is 0. The summed E-state index contributed by atoms with van der Waals surface area (Å²) in [6.07, 6.45) is 0. The summed E-state index contributed by atoms with van der Waals surface area (Å²) in [7, 11) is 0. The maximum atomic E-state index is 11.4. The molecule has 0 saturated carbocycles. The molecule has 0 N–H and O–H groups in total. The highest BCUT2D eigenvalue weighted by molar-refractivity contribution is 7.11. The molecule has 1 aromatic heterocycles. The summed E-state index contributed by atoms with van der Waals surface area (Å²) in [6.45, 7) is -2.70. The van der Waals surface area contributed by atoms with Gasteiger partial charge >= 0.3 is 6.61 Å². The van der Waals surface area contributed by atoms with Crippen molar-refractivity contribution in [2.24, 2.45) is 0 Å². The van der Waals surface area contributed by atoms with Gasteiger partial charge in [-0.15, -0.1) is 11.3 Å². The molecule has 0 aliphatic carbocycles. The van der Waals surface area contributed by atoms with Crippen molar-refractivity contribution in [3.8, 4) is 5.06 Å². The van der Waals surface area contributed by atoms with Crippen LogP contribution in [0.2, 0.25) is 0 Å². The Morgan fingerprint density at radius 3 is 2.78 bits per heavy atom. The molecule has 1 nitrogen and oxygen atoms in total. The van der Waals surface area contributed by atoms with Crippen molar-refractivity contribution in [3.05, 3.63) is 17.5 Å². The molecule has 0 aliphatic rings. The van der Waals surface area contributed by atoms with E-state index in [1.807, 2.05) is 0 Å². The van der Waals surface area contributed by atoms with E-state index >= 15 is 0 Å². The quantitative estimate of drug-likeness (QED) is 0.628. The van der Waals surface area contributed by atoms with E-state index in [-0.39, 0.29) is 5.06 Å². The molecule has 1 rings (SSSR count). The smallest absolute Gasteiger partial charge is 0.388 e. The highest BCUT2D eigenvalue weighted by Gasteiger charge is 2.02. The van der Waals surface area contributed by atoms with E-state index in [4.69, 9.17) is 0 Å². The molecule has 1 heterocycles. The van der Waals surface area contributed by atoms with Crippen LogP contribution in [-0.2, 0) is 0 Å². The monoisotopic (exact) mass is 150 g/mol. The minimum absolute atomic E-state index is 0.255. The molecule has 0 aromatic carbocycles. The first-order valence-corrected chi connectivity index (χ1v) is 3.15. The second-order valence-electron chi connectivity index (χ2n) is 1.31. The molecule has 0 aliphatic heterocycles. The van der Waals surface area contributed by atoms with Crippen LogP contribution in [0.1, 0.15) is 0 Å². The minimum atomic E-state index is -2.70. The van der Waals surface area contributed by atoms with E-state index in [1.165, 1.54) is 6.07 Å². The van der Waals surface area contributed by atoms with E-state index in [0.29, 0.717) is 0 Å². The van der Waals surface area contributed by atoms with Crippen LogP contribution in [-0.4, -0.2) is 6.61 Å². The first-order valence-electron chi connectivity index (χ1n) is 2.27. The summed E-state index contributed by atoms with van der Waals surface area (Å²) >= 11 is 1.15. The van der Waals surface area contributed by atoms with Crippen molar-refractivity contribution in [2.75, 3.05) is 0 Å². The Balaban J connectivity index is 2.48. The molecule has 0 spiro atoms. The van der Waals surface area contributed by atoms with Crippen LogP contribution in [0.4, 0.5) is 8.78 Å². The Bertz CT molecular complexity index is 161. The van der Waals surface area contributed by atoms with Crippen molar-refractivity contribution >= 4 is 11.3 Å². The normalized spacial score (nSPS) is 10.1. The van der Waals surface area contributed by atoms with Crippen molar-refractivity contribution in [1.82, 2.24) is 0 Å². The number of hydrogen-bond acceptors (Lipinski definition) is 2. The van der Waals surface area contributed by atoms with Gasteiger partial charge in [0, 0.05) is 0 Å². The molecule has 0 radical (unpaired) electrons. The lowest BCUT2D eigenvalue weighted by Crippen LogP contribution is -1.99. The average Bonchev–Trinajstić information content (AvgIpc) is 2.15. The van der Waals surface area contributed by atoms with Gasteiger partial charge in [-0.1, -0.05) is 0 Å². The predicted molar refractivity (Wildman–Crippen MR) is 31.0 cm³/mol. The maximum Gasteiger partial charge on any atom is 0.388 e. The van der Waals surface area contributed by atoms with Gasteiger partial charge in [0.25, 0.3) is 0 Å². The maximum absolute atomic E-state index is 11.4. The topological polar surface area (TPSA) is 9.23 Å². The lowest BCUT2D eigenvalue weighted by molar-refractivity contribution is -0.0471. The van der Waals surface area contributed by atoms with Crippen LogP contribution in [0.3, 0.4) is 0 Å². The third kappa shape index (κ3) is 1.97. The van der Waals surface area contributed by atoms with Crippen molar-refractivity contribution in [1.29, 1.82) is 0 Å². The molecule has 0 amide bonds. The van der Waals surface area contributed by atoms with Gasteiger partial charge in [0.2, 0.25) is 0 Å². The van der Waals surface area contributed by atoms with Gasteiger partial charge in [0.05, 0.1) is 0 Å². The number of hydrogen-bond donors (Lipinski definition) is 0. The fraction of sp³-hybridized carbons (Fsp3) is 0.200. The predicted octanol–water partition coefficient (Wildman–Crippen LogP) is 2.35. The average molecular weight is 150 g/mol. The molecule has 0 unspecified atom stereocenters. The summed E-state index contributed by atoms with van der Waals surface area (Å²) < 4.78 is 26.8. The Hall–Kier alpha value is -0.640. The molecule has 1 aromatic rings. The zero-order valence-corrected chi connectivity index (χ0v) is 5.20. The van der Waals surface area contributed by atoms with Gasteiger partial charge in [0.15, 0.2) is 5.06 Å². The molecule has 4 heteroatoms. The van der Waals surface area contributed by atoms with E-state index in [1.54, 1.807) is 11.4 Å². The summed E-state index contributed by atoms with van der Waals surface area (Å²) in [5, 5.41) is 1.93. The fourth-order valence-electron chi connectivity index (χ4n) is 0.418. The Morgan fingerprint density at radius 2 is 2.33 bits per heavy atom. The van der Waals surface area contributed by atoms with Crippen LogP contribution in [0.15, 0.2) is 17.5 Å². The Labute approximate surface area is 54.9 Å². The first-order chi connectivity index (χ1) is 4.29. The molecule has 0 fully saturated rings. The van der Waals surface area contributed by atoms with Gasteiger partial charge in [0.1, 0.15) is 0 Å². The zero-order chi connectivity index (χ0) is 6.69. The van der Waals surface area contributed by atoms with E-state index in [0.717, 1.165) is 11.3 Å². The molecular formula is C5H4F2OS. The van der Waals surface area contributed by atoms with E-state index < -0.39 is 6.61 Å². The lowest BCUT2D eigenvalue weighted by atomic mass is 10.7. The molecule has 50 valence electrons. The SMILES string of the molecule is FC(F)Oc1cccs1. The fourth-order valence-corrected chi connectivity index (χ4v) is 0.995. The van der Waals surface area contributed by atoms with Gasteiger partial charge in [-0.25, -0.2) is 0 Å². The molecule has 0 saturated heterocycles. The zero-order valence-electron chi connectivity index (χ0n) is 4.38. The molecule has 0 bridgehead atoms. The van der Waals surface area contributed by atoms with Crippen molar-refractivity contribution in [2.45, 2.75) is 6.61 Å². The lowest BCUT2D eigenvalue weighted by Gasteiger charge is -1.97. The molecule has 9 heavy (non-hydrogen) atoms. The Morgan fingerprint density at radius 1 is 1.56 bits per heavy atom. The van der Waals surface area contributed by atoms with Gasteiger partial charge in [-0.05, 0) is 17.5 Å². The minimum Gasteiger partial charge on any atom is -0.425 e. The van der Waals surface area contributed by atoms with Gasteiger partial charge < -0.3 is 4.74 Å². The van der Waals surface area contributed by atoms with Gasteiger partial charge in [-0.3, -0.25) is 0 Å². The molecular weight excluding hydrogens is 146 g/mol. The van der Waals surface area contributed by atoms with Crippen molar-refractivity contribution in [3.63, 3.8) is 0 Å². The highest BCUT2D eigenvalue weighted by atomic mass is 32.1. The number of rotatable bonds is 2. The van der Waals surface area contributed by atoms with E-state index in [9.17, 15) is 8.78 Å². The number of thiophene rings is 1. The second kappa shape index (κ2) is 2.77. The Kier molecular flexibility index (Phi) is 2.00. The van der Waals surface area contributed by atoms with Crippen molar-refractivity contribution < 1.29 is 13.5 Å². The second-order valence-corrected chi connectivity index (χ2v) is 2.22. The highest BCUT2D eigenvalue weighted by Crippen LogP contribution is 2.19. The summed E-state index contributed by atoms with van der Waals surface area (Å²) in [5.74, 6) is 0. The van der Waals surface area contributed by atoms with Crippen LogP contribution >= 0.6 is 11.3 Å². The van der Waals surface area contributed by atoms with Crippen LogP contribution in [0.5, 0.6) is 5.06 Å². The van der Waals surface area contributed by atoms with Crippen LogP contribution in [0.25, 0.3) is 0 Å². The standard InChI is InChI=1S/C5H4F2OS/c6-5(7)8-4-2-1-3-9-4/h1-3,5H. The summed E-state index contributed by atoms with van der Waals surface area (Å²) in [5.41, 5.74) is 0. The van der Waals surface area contributed by atoms with Crippen LogP contribution in [0, 0.1) is 0 Å². The third-order valence-electron chi connectivity index (χ3n) is 0.700. The summed E-state index contributed by atoms with van der Waals surface area (Å²) in [6, 6.07) is 3.15. The number of alkyl halides is 2. The first kappa shape index (κ1) is 6.48. The number of ether oxygens (including phenoxy) is 1.